The van der Waals surface area contributed by atoms with E-state index in [1.807, 2.05) is 73.0 Å². The van der Waals surface area contributed by atoms with E-state index in [9.17, 15) is 4.79 Å². The average molecular weight is 428 g/mol. The zero-order chi connectivity index (χ0) is 21.5. The summed E-state index contributed by atoms with van der Waals surface area (Å²) in [5.41, 5.74) is 4.51. The number of hydrogen-bond donors (Lipinski definition) is 1. The monoisotopic (exact) mass is 427 g/mol. The van der Waals surface area contributed by atoms with Gasteiger partial charge in [0.25, 0.3) is 0 Å². The fourth-order valence-corrected chi connectivity index (χ4v) is 3.82. The van der Waals surface area contributed by atoms with E-state index in [1.54, 1.807) is 29.8 Å². The Balaban J connectivity index is 1.42. The first-order valence-electron chi connectivity index (χ1n) is 9.89. The Morgan fingerprint density at radius 2 is 1.87 bits per heavy atom. The van der Waals surface area contributed by atoms with Gasteiger partial charge in [-0.2, -0.15) is 0 Å². The van der Waals surface area contributed by atoms with Crippen molar-refractivity contribution in [2.45, 2.75) is 6.92 Å². The summed E-state index contributed by atoms with van der Waals surface area (Å²) in [4.78, 5) is 21.1. The minimum absolute atomic E-state index is 0.193. The molecule has 0 radical (unpaired) electrons. The quantitative estimate of drug-likeness (QED) is 0.372. The summed E-state index contributed by atoms with van der Waals surface area (Å²) in [5, 5.41) is 5.86. The molecule has 2 aromatic heterocycles. The first-order chi connectivity index (χ1) is 15.2. The molecular formula is C25H21N3O2S. The molecule has 1 N–H and O–H groups in total. The Labute approximate surface area is 185 Å². The molecule has 0 aliphatic heterocycles. The predicted octanol–water partition coefficient (Wildman–Crippen LogP) is 5.92. The Hall–Kier alpha value is -3.77. The van der Waals surface area contributed by atoms with Crippen molar-refractivity contribution in [3.63, 3.8) is 0 Å². The van der Waals surface area contributed by atoms with E-state index in [2.05, 4.69) is 10.3 Å². The minimum Gasteiger partial charge on any atom is -0.494 e. The lowest BCUT2D eigenvalue weighted by molar-refractivity contribution is -0.111. The third-order valence-corrected chi connectivity index (χ3v) is 5.37. The number of nitrogens with zero attached hydrogens (tertiary/aromatic N) is 2. The highest BCUT2D eigenvalue weighted by atomic mass is 32.1. The van der Waals surface area contributed by atoms with E-state index in [-0.39, 0.29) is 5.91 Å². The molecule has 1 amide bonds. The number of anilines is 1. The lowest BCUT2D eigenvalue weighted by atomic mass is 10.1. The standard InChI is InChI=1S/C25H21N3O2S/c1-2-30-22-9-6-18(7-10-22)8-11-24(29)27-21-5-3-4-20(16-21)23-17-31-25(28-23)19-12-14-26-15-13-19/h3-17H,2H2,1H3,(H,27,29)/b11-8+. The van der Waals surface area contributed by atoms with Crippen LogP contribution >= 0.6 is 11.3 Å². The van der Waals surface area contributed by atoms with Crippen molar-refractivity contribution < 1.29 is 9.53 Å². The number of rotatable bonds is 7. The maximum atomic E-state index is 12.4. The van der Waals surface area contributed by atoms with Gasteiger partial charge in [0.15, 0.2) is 0 Å². The Bertz CT molecular complexity index is 1180. The molecule has 5 nitrogen and oxygen atoms in total. The molecule has 31 heavy (non-hydrogen) atoms. The highest BCUT2D eigenvalue weighted by molar-refractivity contribution is 7.13. The van der Waals surface area contributed by atoms with Crippen LogP contribution in [0.5, 0.6) is 5.75 Å². The number of ether oxygens (including phenoxy) is 1. The number of pyridine rings is 1. The van der Waals surface area contributed by atoms with Gasteiger partial charge in [-0.05, 0) is 55.0 Å². The molecule has 0 bridgehead atoms. The Morgan fingerprint density at radius 1 is 1.06 bits per heavy atom. The maximum Gasteiger partial charge on any atom is 0.248 e. The first-order valence-corrected chi connectivity index (χ1v) is 10.8. The van der Waals surface area contributed by atoms with E-state index in [0.717, 1.165) is 38.8 Å². The van der Waals surface area contributed by atoms with Crippen LogP contribution < -0.4 is 10.1 Å². The summed E-state index contributed by atoms with van der Waals surface area (Å²) in [6.07, 6.45) is 6.81. The van der Waals surface area contributed by atoms with Crippen LogP contribution in [0.1, 0.15) is 12.5 Å². The number of carbonyl (C=O) groups is 1. The van der Waals surface area contributed by atoms with Crippen molar-refractivity contribution in [3.8, 4) is 27.6 Å². The van der Waals surface area contributed by atoms with Gasteiger partial charge in [-0.1, -0.05) is 24.3 Å². The van der Waals surface area contributed by atoms with E-state index < -0.39 is 0 Å². The van der Waals surface area contributed by atoms with Gasteiger partial charge in [-0.15, -0.1) is 11.3 Å². The predicted molar refractivity (Wildman–Crippen MR) is 126 cm³/mol. The number of carbonyl (C=O) groups excluding carboxylic acids is 1. The van der Waals surface area contributed by atoms with Gasteiger partial charge in [0.1, 0.15) is 10.8 Å². The second-order valence-electron chi connectivity index (χ2n) is 6.68. The van der Waals surface area contributed by atoms with Crippen LogP contribution in [-0.2, 0) is 4.79 Å². The smallest absolute Gasteiger partial charge is 0.248 e. The van der Waals surface area contributed by atoms with Crippen molar-refractivity contribution in [2.75, 3.05) is 11.9 Å². The van der Waals surface area contributed by atoms with Gasteiger partial charge in [-0.25, -0.2) is 4.98 Å². The van der Waals surface area contributed by atoms with Gasteiger partial charge < -0.3 is 10.1 Å². The van der Waals surface area contributed by atoms with Crippen molar-refractivity contribution >= 4 is 29.0 Å². The van der Waals surface area contributed by atoms with Crippen LogP contribution in [0.3, 0.4) is 0 Å². The maximum absolute atomic E-state index is 12.4. The van der Waals surface area contributed by atoms with E-state index in [0.29, 0.717) is 6.61 Å². The largest absolute Gasteiger partial charge is 0.494 e. The molecule has 0 atom stereocenters. The van der Waals surface area contributed by atoms with Crippen LogP contribution in [0, 0.1) is 0 Å². The minimum atomic E-state index is -0.193. The fraction of sp³-hybridized carbons (Fsp3) is 0.0800. The molecule has 0 aliphatic rings. The molecule has 6 heteroatoms. The topological polar surface area (TPSA) is 64.1 Å². The molecular weight excluding hydrogens is 406 g/mol. The van der Waals surface area contributed by atoms with Gasteiger partial charge in [-0.3, -0.25) is 9.78 Å². The molecule has 0 unspecified atom stereocenters. The van der Waals surface area contributed by atoms with Crippen molar-refractivity contribution in [2.24, 2.45) is 0 Å². The SMILES string of the molecule is CCOc1ccc(/C=C/C(=O)Nc2cccc(-c3csc(-c4ccncc4)n3)c2)cc1. The average Bonchev–Trinajstić information content (AvgIpc) is 3.30. The Kier molecular flexibility index (Phi) is 6.50. The number of aromatic nitrogens is 2. The summed E-state index contributed by atoms with van der Waals surface area (Å²) in [7, 11) is 0. The first kappa shape index (κ1) is 20.5. The van der Waals surface area contributed by atoms with Crippen LogP contribution in [0.15, 0.2) is 84.5 Å². The molecule has 0 fully saturated rings. The summed E-state index contributed by atoms with van der Waals surface area (Å²) >= 11 is 1.58. The van der Waals surface area contributed by atoms with Gasteiger partial charge >= 0.3 is 0 Å². The molecule has 0 saturated carbocycles. The third-order valence-electron chi connectivity index (χ3n) is 4.48. The summed E-state index contributed by atoms with van der Waals surface area (Å²) in [6, 6.07) is 19.2. The van der Waals surface area contributed by atoms with E-state index in [1.165, 1.54) is 6.08 Å². The number of nitrogens with one attached hydrogen (secondary N) is 1. The molecule has 0 saturated heterocycles. The van der Waals surface area contributed by atoms with E-state index >= 15 is 0 Å². The molecule has 2 aromatic carbocycles. The van der Waals surface area contributed by atoms with Crippen molar-refractivity contribution in [3.05, 3.63) is 90.1 Å². The van der Waals surface area contributed by atoms with Gasteiger partial charge in [0, 0.05) is 40.7 Å². The second-order valence-corrected chi connectivity index (χ2v) is 7.54. The number of thiazole rings is 1. The van der Waals surface area contributed by atoms with Crippen LogP contribution in [0.4, 0.5) is 5.69 Å². The lowest BCUT2D eigenvalue weighted by Gasteiger charge is -2.05. The highest BCUT2D eigenvalue weighted by Gasteiger charge is 2.08. The third kappa shape index (κ3) is 5.43. The zero-order valence-electron chi connectivity index (χ0n) is 17.0. The number of amides is 1. The molecule has 0 spiro atoms. The van der Waals surface area contributed by atoms with E-state index in [4.69, 9.17) is 9.72 Å². The summed E-state index contributed by atoms with van der Waals surface area (Å²) in [6.45, 7) is 2.57. The zero-order valence-corrected chi connectivity index (χ0v) is 17.8. The summed E-state index contributed by atoms with van der Waals surface area (Å²) in [5.74, 6) is 0.622. The highest BCUT2D eigenvalue weighted by Crippen LogP contribution is 2.29. The van der Waals surface area contributed by atoms with Gasteiger partial charge in [0.05, 0.1) is 12.3 Å². The molecule has 4 aromatic rings. The van der Waals surface area contributed by atoms with Crippen LogP contribution in [0.2, 0.25) is 0 Å². The Morgan fingerprint density at radius 3 is 2.65 bits per heavy atom. The van der Waals surface area contributed by atoms with Gasteiger partial charge in [0.2, 0.25) is 5.91 Å². The molecule has 154 valence electrons. The lowest BCUT2D eigenvalue weighted by Crippen LogP contribution is -2.07. The summed E-state index contributed by atoms with van der Waals surface area (Å²) < 4.78 is 5.43. The normalized spacial score (nSPS) is 10.9. The second kappa shape index (κ2) is 9.82. The molecule has 4 rings (SSSR count). The number of hydrogen-bond acceptors (Lipinski definition) is 5. The fourth-order valence-electron chi connectivity index (χ4n) is 2.99. The molecule has 0 aliphatic carbocycles. The van der Waals surface area contributed by atoms with Crippen LogP contribution in [-0.4, -0.2) is 22.5 Å². The molecule has 2 heterocycles. The van der Waals surface area contributed by atoms with Crippen molar-refractivity contribution in [1.29, 1.82) is 0 Å². The van der Waals surface area contributed by atoms with Crippen molar-refractivity contribution in [1.82, 2.24) is 9.97 Å². The number of benzene rings is 2. The van der Waals surface area contributed by atoms with Crippen LogP contribution in [0.25, 0.3) is 27.9 Å².